The molecule has 4 aromatic rings. The molecule has 0 aliphatic carbocycles. The molecule has 294 valence electrons. The lowest BCUT2D eigenvalue weighted by Gasteiger charge is -2.20. The van der Waals surface area contributed by atoms with Crippen molar-refractivity contribution in [2.45, 2.75) is 56.7 Å². The van der Waals surface area contributed by atoms with Gasteiger partial charge in [0.15, 0.2) is 5.78 Å². The molecule has 4 amide bonds. The summed E-state index contributed by atoms with van der Waals surface area (Å²) in [6.07, 6.45) is -0.687. The van der Waals surface area contributed by atoms with Gasteiger partial charge in [-0.05, 0) is 72.4 Å². The highest BCUT2D eigenvalue weighted by molar-refractivity contribution is 7.59. The fourth-order valence-electron chi connectivity index (χ4n) is 5.95. The molecule has 0 spiro atoms. The van der Waals surface area contributed by atoms with Gasteiger partial charge >= 0.3 is 12.2 Å². The molecule has 0 radical (unpaired) electrons. The van der Waals surface area contributed by atoms with Gasteiger partial charge in [-0.25, -0.2) is 28.2 Å². The summed E-state index contributed by atoms with van der Waals surface area (Å²) in [6, 6.07) is 28.5. The minimum Gasteiger partial charge on any atom is -0.446 e. The maximum absolute atomic E-state index is 12.9. The van der Waals surface area contributed by atoms with Crippen molar-refractivity contribution in [3.8, 4) is 0 Å². The molecule has 55 heavy (non-hydrogen) atoms. The average molecular weight is 815 g/mol. The minimum absolute atomic E-state index is 0. The van der Waals surface area contributed by atoms with Crippen molar-refractivity contribution in [3.05, 3.63) is 143 Å². The maximum atomic E-state index is 12.9. The van der Waals surface area contributed by atoms with E-state index < -0.39 is 36.2 Å². The third-order valence-corrected chi connectivity index (χ3v) is 8.74. The zero-order valence-electron chi connectivity index (χ0n) is 29.7. The van der Waals surface area contributed by atoms with Gasteiger partial charge in [-0.15, -0.1) is 0 Å². The van der Waals surface area contributed by atoms with Crippen LogP contribution >= 0.6 is 40.5 Å². The number of carbonyl (C=O) groups is 5. The number of carbonyl (C=O) groups excluding carboxylic acids is 5. The Hall–Kier alpha value is -4.70. The molecule has 2 aliphatic rings. The summed E-state index contributed by atoms with van der Waals surface area (Å²) in [5.41, 5.74) is 2.68. The molecule has 4 aromatic carbocycles. The van der Waals surface area contributed by atoms with Gasteiger partial charge in [-0.3, -0.25) is 14.4 Å². The number of ether oxygens (including phenoxy) is 2. The van der Waals surface area contributed by atoms with Gasteiger partial charge in [-0.1, -0.05) is 72.8 Å². The first kappa shape index (κ1) is 46.5. The molecule has 2 heterocycles. The Kier molecular flexibility index (Phi) is 19.1. The SMILES string of the molecule is O=C(CCCC(=O)N1C(=O)OC[C@@H]1c1ccccc1)c1ccc(F)cc1.O=C(CCC[C@H](O)c1ccc(F)cc1)N1C(=O)OC[C@@H]1c1ccccc1.S.S.S. The van der Waals surface area contributed by atoms with Crippen LogP contribution in [0.4, 0.5) is 18.4 Å². The standard InChI is InChI=1S/C20H20FNO4.C20H18FNO4.3H2S/c2*21-16-11-9-15(10-12-16)18(23)7-4-8-19(24)22-17(13-26-20(22)25)14-5-2-1-3-6-14;;;/h1-3,5-6,9-12,17-18,23H,4,7-8,13H2;1-3,5-6,9-12,17H,4,7-8,13H2;3*1H2/t17-,18+;17-;;;/m11.../s1. The maximum Gasteiger partial charge on any atom is 0.417 e. The van der Waals surface area contributed by atoms with Gasteiger partial charge in [0.1, 0.15) is 36.9 Å². The second-order valence-corrected chi connectivity index (χ2v) is 12.3. The van der Waals surface area contributed by atoms with Crippen molar-refractivity contribution in [1.82, 2.24) is 9.80 Å². The average Bonchev–Trinajstić information content (AvgIpc) is 3.75. The molecule has 2 saturated heterocycles. The number of Topliss-reactive ketones (excluding diaryl/α,β-unsaturated/α-hetero) is 1. The highest BCUT2D eigenvalue weighted by Gasteiger charge is 2.39. The van der Waals surface area contributed by atoms with Crippen LogP contribution in [-0.2, 0) is 19.1 Å². The number of benzene rings is 4. The van der Waals surface area contributed by atoms with Crippen molar-refractivity contribution < 1.29 is 47.3 Å². The fraction of sp³-hybridized carbons (Fsp3) is 0.275. The van der Waals surface area contributed by atoms with Crippen LogP contribution in [0.15, 0.2) is 109 Å². The Morgan fingerprint density at radius 1 is 0.618 bits per heavy atom. The van der Waals surface area contributed by atoms with Gasteiger partial charge in [0.25, 0.3) is 0 Å². The van der Waals surface area contributed by atoms with Crippen LogP contribution in [0.1, 0.15) is 83.8 Å². The smallest absolute Gasteiger partial charge is 0.417 e. The Labute approximate surface area is 339 Å². The number of rotatable bonds is 12. The minimum atomic E-state index is -0.779. The highest BCUT2D eigenvalue weighted by atomic mass is 32.1. The third-order valence-electron chi connectivity index (χ3n) is 8.74. The summed E-state index contributed by atoms with van der Waals surface area (Å²) in [5, 5.41) is 10.1. The summed E-state index contributed by atoms with van der Waals surface area (Å²) in [4.78, 5) is 63.2. The summed E-state index contributed by atoms with van der Waals surface area (Å²) in [7, 11) is 0. The van der Waals surface area contributed by atoms with Gasteiger partial charge < -0.3 is 14.6 Å². The lowest BCUT2D eigenvalue weighted by molar-refractivity contribution is -0.130. The van der Waals surface area contributed by atoms with E-state index in [0.29, 0.717) is 30.4 Å². The summed E-state index contributed by atoms with van der Waals surface area (Å²) >= 11 is 0. The number of aliphatic hydroxyl groups excluding tert-OH is 1. The second-order valence-electron chi connectivity index (χ2n) is 12.3. The first-order chi connectivity index (χ1) is 25.1. The number of hydrogen-bond donors (Lipinski definition) is 1. The van der Waals surface area contributed by atoms with Crippen molar-refractivity contribution in [3.63, 3.8) is 0 Å². The lowest BCUT2D eigenvalue weighted by Crippen LogP contribution is -2.34. The number of aliphatic hydroxyl groups is 1. The van der Waals surface area contributed by atoms with Gasteiger partial charge in [-0.2, -0.15) is 40.5 Å². The second kappa shape index (κ2) is 22.6. The van der Waals surface area contributed by atoms with Crippen molar-refractivity contribution in [1.29, 1.82) is 0 Å². The highest BCUT2D eigenvalue weighted by Crippen LogP contribution is 2.30. The van der Waals surface area contributed by atoms with Crippen LogP contribution in [0, 0.1) is 11.6 Å². The van der Waals surface area contributed by atoms with E-state index in [1.165, 1.54) is 48.5 Å². The molecule has 0 aromatic heterocycles. The predicted molar refractivity (Wildman–Crippen MR) is 216 cm³/mol. The fourth-order valence-corrected chi connectivity index (χ4v) is 5.95. The van der Waals surface area contributed by atoms with Crippen LogP contribution in [0.2, 0.25) is 0 Å². The number of amides is 4. The van der Waals surface area contributed by atoms with E-state index in [4.69, 9.17) is 9.47 Å². The monoisotopic (exact) mass is 814 g/mol. The molecule has 15 heteroatoms. The number of ketones is 1. The quantitative estimate of drug-likeness (QED) is 0.143. The molecule has 2 fully saturated rings. The summed E-state index contributed by atoms with van der Waals surface area (Å²) < 4.78 is 35.9. The summed E-state index contributed by atoms with van der Waals surface area (Å²) in [6.45, 7) is 0.274. The van der Waals surface area contributed by atoms with Crippen molar-refractivity contribution >= 4 is 70.3 Å². The first-order valence-corrected chi connectivity index (χ1v) is 16.9. The number of halogens is 2. The molecule has 2 aliphatic heterocycles. The Bertz CT molecular complexity index is 1860. The van der Waals surface area contributed by atoms with Gasteiger partial charge in [0.2, 0.25) is 11.8 Å². The molecular formula is C40H44F2N2O8S3. The van der Waals surface area contributed by atoms with Gasteiger partial charge in [0.05, 0.1) is 6.10 Å². The van der Waals surface area contributed by atoms with E-state index in [9.17, 15) is 37.9 Å². The van der Waals surface area contributed by atoms with E-state index in [0.717, 1.165) is 20.9 Å². The van der Waals surface area contributed by atoms with Crippen molar-refractivity contribution in [2.75, 3.05) is 13.2 Å². The van der Waals surface area contributed by atoms with Gasteiger partial charge in [0, 0.05) is 24.8 Å². The molecule has 10 nitrogen and oxygen atoms in total. The van der Waals surface area contributed by atoms with Crippen LogP contribution < -0.4 is 0 Å². The number of imide groups is 2. The Balaban J connectivity index is 0.000000360. The van der Waals surface area contributed by atoms with E-state index >= 15 is 0 Å². The van der Waals surface area contributed by atoms with E-state index in [1.807, 2.05) is 60.7 Å². The lowest BCUT2D eigenvalue weighted by atomic mass is 10.0. The zero-order valence-corrected chi connectivity index (χ0v) is 32.7. The molecule has 6 rings (SSSR count). The first-order valence-electron chi connectivity index (χ1n) is 16.9. The van der Waals surface area contributed by atoms with Crippen LogP contribution in [0.5, 0.6) is 0 Å². The number of hydrogen-bond acceptors (Lipinski definition) is 8. The normalized spacial score (nSPS) is 16.2. The zero-order chi connectivity index (χ0) is 37.0. The topological polar surface area (TPSA) is 131 Å². The molecule has 1 N–H and O–H groups in total. The van der Waals surface area contributed by atoms with Crippen molar-refractivity contribution in [2.24, 2.45) is 0 Å². The predicted octanol–water partition coefficient (Wildman–Crippen LogP) is 7.99. The number of nitrogens with zero attached hydrogens (tertiary/aromatic N) is 2. The van der Waals surface area contributed by atoms with Crippen LogP contribution in [0.3, 0.4) is 0 Å². The largest absolute Gasteiger partial charge is 0.446 e. The molecule has 3 atom stereocenters. The third kappa shape index (κ3) is 12.7. The van der Waals surface area contributed by atoms with E-state index in [2.05, 4.69) is 0 Å². The molecule has 0 unspecified atom stereocenters. The Morgan fingerprint density at radius 3 is 1.49 bits per heavy atom. The molecule has 0 bridgehead atoms. The molecular weight excluding hydrogens is 771 g/mol. The van der Waals surface area contributed by atoms with Crippen LogP contribution in [-0.4, -0.2) is 57.9 Å². The van der Waals surface area contributed by atoms with Crippen LogP contribution in [0.25, 0.3) is 0 Å². The Morgan fingerprint density at radius 2 is 1.04 bits per heavy atom. The van der Waals surface area contributed by atoms with E-state index in [-0.39, 0.29) is 96.4 Å². The number of cyclic esters (lactones) is 2. The molecule has 0 saturated carbocycles. The summed E-state index contributed by atoms with van der Waals surface area (Å²) in [5.74, 6) is -1.63. The van der Waals surface area contributed by atoms with E-state index in [1.54, 1.807) is 0 Å².